The van der Waals surface area contributed by atoms with Crippen LogP contribution in [-0.2, 0) is 6.54 Å². The standard InChI is InChI=1S/C10H11ClN4/c11-8-3-1-7(2-4-8)5-13-9-6-14-15-10(9)12/h1-4,6,13H,5H2,(H3,12,14,15). The van der Waals surface area contributed by atoms with Gasteiger partial charge in [-0.3, -0.25) is 5.10 Å². The van der Waals surface area contributed by atoms with E-state index in [1.807, 2.05) is 24.3 Å². The molecule has 0 atom stereocenters. The van der Waals surface area contributed by atoms with E-state index in [0.717, 1.165) is 16.3 Å². The maximum Gasteiger partial charge on any atom is 0.142 e. The van der Waals surface area contributed by atoms with E-state index in [4.69, 9.17) is 17.3 Å². The maximum absolute atomic E-state index is 5.78. The van der Waals surface area contributed by atoms with Crippen molar-refractivity contribution in [2.45, 2.75) is 6.54 Å². The molecule has 0 saturated carbocycles. The van der Waals surface area contributed by atoms with E-state index in [9.17, 15) is 0 Å². The van der Waals surface area contributed by atoms with Crippen molar-refractivity contribution in [3.8, 4) is 0 Å². The Morgan fingerprint density at radius 2 is 2.07 bits per heavy atom. The van der Waals surface area contributed by atoms with Crippen molar-refractivity contribution in [1.29, 1.82) is 0 Å². The molecule has 1 aromatic carbocycles. The number of nitrogen functional groups attached to an aromatic ring is 1. The Morgan fingerprint density at radius 3 is 2.67 bits per heavy atom. The largest absolute Gasteiger partial charge is 0.382 e. The van der Waals surface area contributed by atoms with Gasteiger partial charge >= 0.3 is 0 Å². The maximum atomic E-state index is 5.78. The van der Waals surface area contributed by atoms with Gasteiger partial charge in [0.25, 0.3) is 0 Å². The molecule has 0 radical (unpaired) electrons. The Labute approximate surface area is 92.4 Å². The van der Waals surface area contributed by atoms with E-state index in [-0.39, 0.29) is 0 Å². The van der Waals surface area contributed by atoms with Crippen molar-refractivity contribution >= 4 is 23.1 Å². The zero-order chi connectivity index (χ0) is 10.7. The van der Waals surface area contributed by atoms with E-state index in [1.54, 1.807) is 6.20 Å². The molecule has 0 aliphatic carbocycles. The third-order valence-electron chi connectivity index (χ3n) is 2.07. The molecule has 0 bridgehead atoms. The van der Waals surface area contributed by atoms with Crippen LogP contribution in [0.15, 0.2) is 30.5 Å². The lowest BCUT2D eigenvalue weighted by Gasteiger charge is -2.04. The summed E-state index contributed by atoms with van der Waals surface area (Å²) in [4.78, 5) is 0. The smallest absolute Gasteiger partial charge is 0.142 e. The van der Waals surface area contributed by atoms with Crippen molar-refractivity contribution < 1.29 is 0 Å². The van der Waals surface area contributed by atoms with Gasteiger partial charge in [0.2, 0.25) is 0 Å². The summed E-state index contributed by atoms with van der Waals surface area (Å²) in [6.45, 7) is 0.695. The van der Waals surface area contributed by atoms with E-state index >= 15 is 0 Å². The summed E-state index contributed by atoms with van der Waals surface area (Å²) in [5, 5.41) is 10.4. The molecule has 1 heterocycles. The Kier molecular flexibility index (Phi) is 2.78. The molecule has 0 spiro atoms. The van der Waals surface area contributed by atoms with E-state index < -0.39 is 0 Å². The number of aromatic nitrogens is 2. The first-order valence-electron chi connectivity index (χ1n) is 4.53. The highest BCUT2D eigenvalue weighted by Crippen LogP contribution is 2.15. The van der Waals surface area contributed by atoms with Gasteiger partial charge in [0.05, 0.1) is 11.9 Å². The van der Waals surface area contributed by atoms with Crippen molar-refractivity contribution in [3.63, 3.8) is 0 Å². The van der Waals surface area contributed by atoms with Crippen LogP contribution >= 0.6 is 11.6 Å². The molecule has 5 heteroatoms. The van der Waals surface area contributed by atoms with Gasteiger partial charge < -0.3 is 11.1 Å². The first-order valence-corrected chi connectivity index (χ1v) is 4.90. The molecule has 0 amide bonds. The predicted octanol–water partition coefficient (Wildman–Crippen LogP) is 2.26. The molecule has 4 nitrogen and oxygen atoms in total. The molecule has 2 rings (SSSR count). The summed E-state index contributed by atoms with van der Waals surface area (Å²) in [7, 11) is 0. The second kappa shape index (κ2) is 4.23. The summed E-state index contributed by atoms with van der Waals surface area (Å²) in [6, 6.07) is 7.64. The highest BCUT2D eigenvalue weighted by atomic mass is 35.5. The van der Waals surface area contributed by atoms with E-state index in [0.29, 0.717) is 12.4 Å². The monoisotopic (exact) mass is 222 g/mol. The van der Waals surface area contributed by atoms with E-state index in [1.165, 1.54) is 0 Å². The molecule has 0 aliphatic heterocycles. The van der Waals surface area contributed by atoms with Crippen LogP contribution in [0.4, 0.5) is 11.5 Å². The molecule has 1 aromatic heterocycles. The minimum atomic E-state index is 0.545. The SMILES string of the molecule is Nc1[nH]ncc1NCc1ccc(Cl)cc1. The number of benzene rings is 1. The van der Waals surface area contributed by atoms with Crippen LogP contribution in [0.2, 0.25) is 5.02 Å². The number of nitrogens with zero attached hydrogens (tertiary/aromatic N) is 1. The third-order valence-corrected chi connectivity index (χ3v) is 2.32. The summed E-state index contributed by atoms with van der Waals surface area (Å²) in [5.41, 5.74) is 7.58. The quantitative estimate of drug-likeness (QED) is 0.746. The lowest BCUT2D eigenvalue weighted by molar-refractivity contribution is 1.10. The zero-order valence-corrected chi connectivity index (χ0v) is 8.75. The van der Waals surface area contributed by atoms with Gasteiger partial charge in [0.15, 0.2) is 0 Å². The topological polar surface area (TPSA) is 66.7 Å². The average molecular weight is 223 g/mol. The van der Waals surface area contributed by atoms with Gasteiger partial charge in [-0.2, -0.15) is 5.10 Å². The number of anilines is 2. The second-order valence-electron chi connectivity index (χ2n) is 3.18. The van der Waals surface area contributed by atoms with Gasteiger partial charge in [-0.25, -0.2) is 0 Å². The lowest BCUT2D eigenvalue weighted by atomic mass is 10.2. The molecule has 0 fully saturated rings. The Balaban J connectivity index is 1.99. The van der Waals surface area contributed by atoms with Gasteiger partial charge in [0.1, 0.15) is 5.82 Å². The normalized spacial score (nSPS) is 10.2. The van der Waals surface area contributed by atoms with Crippen LogP contribution in [0.3, 0.4) is 0 Å². The molecular formula is C10H11ClN4. The first kappa shape index (κ1) is 9.86. The number of hydrogen-bond acceptors (Lipinski definition) is 3. The molecule has 15 heavy (non-hydrogen) atoms. The van der Waals surface area contributed by atoms with E-state index in [2.05, 4.69) is 15.5 Å². The molecule has 0 unspecified atom stereocenters. The number of nitrogens with one attached hydrogen (secondary N) is 2. The number of rotatable bonds is 3. The van der Waals surface area contributed by atoms with Gasteiger partial charge in [-0.15, -0.1) is 0 Å². The fourth-order valence-electron chi connectivity index (χ4n) is 1.24. The van der Waals surface area contributed by atoms with Crippen LogP contribution in [0.1, 0.15) is 5.56 Å². The number of halogens is 1. The molecule has 78 valence electrons. The minimum absolute atomic E-state index is 0.545. The molecule has 0 aliphatic rings. The van der Waals surface area contributed by atoms with Gasteiger partial charge in [0, 0.05) is 11.6 Å². The Bertz CT molecular complexity index is 435. The fourth-order valence-corrected chi connectivity index (χ4v) is 1.36. The highest BCUT2D eigenvalue weighted by molar-refractivity contribution is 6.30. The third kappa shape index (κ3) is 2.41. The van der Waals surface area contributed by atoms with Crippen LogP contribution in [0.5, 0.6) is 0 Å². The summed E-state index contributed by atoms with van der Waals surface area (Å²) < 4.78 is 0. The van der Waals surface area contributed by atoms with Crippen molar-refractivity contribution in [1.82, 2.24) is 10.2 Å². The van der Waals surface area contributed by atoms with Crippen LogP contribution < -0.4 is 11.1 Å². The highest BCUT2D eigenvalue weighted by Gasteiger charge is 1.99. The lowest BCUT2D eigenvalue weighted by Crippen LogP contribution is -2.00. The molecule has 4 N–H and O–H groups in total. The van der Waals surface area contributed by atoms with Crippen LogP contribution in [-0.4, -0.2) is 10.2 Å². The second-order valence-corrected chi connectivity index (χ2v) is 3.61. The van der Waals surface area contributed by atoms with Crippen LogP contribution in [0, 0.1) is 0 Å². The summed E-state index contributed by atoms with van der Waals surface area (Å²) >= 11 is 5.78. The predicted molar refractivity (Wildman–Crippen MR) is 61.8 cm³/mol. The van der Waals surface area contributed by atoms with Gasteiger partial charge in [-0.05, 0) is 17.7 Å². The van der Waals surface area contributed by atoms with Crippen molar-refractivity contribution in [2.75, 3.05) is 11.1 Å². The average Bonchev–Trinajstić information content (AvgIpc) is 2.63. The van der Waals surface area contributed by atoms with Crippen molar-refractivity contribution in [3.05, 3.63) is 41.0 Å². The number of H-pyrrole nitrogens is 1. The Morgan fingerprint density at radius 1 is 1.33 bits per heavy atom. The molecular weight excluding hydrogens is 212 g/mol. The van der Waals surface area contributed by atoms with Crippen molar-refractivity contribution in [2.24, 2.45) is 0 Å². The van der Waals surface area contributed by atoms with Gasteiger partial charge in [-0.1, -0.05) is 23.7 Å². The minimum Gasteiger partial charge on any atom is -0.382 e. The number of hydrogen-bond donors (Lipinski definition) is 3. The zero-order valence-electron chi connectivity index (χ0n) is 8.00. The number of nitrogens with two attached hydrogens (primary N) is 1. The Hall–Kier alpha value is -1.68. The summed E-state index contributed by atoms with van der Waals surface area (Å²) in [5.74, 6) is 0.545. The first-order chi connectivity index (χ1) is 7.25. The number of aromatic amines is 1. The fraction of sp³-hybridized carbons (Fsp3) is 0.100. The summed E-state index contributed by atoms with van der Waals surface area (Å²) in [6.07, 6.45) is 1.66. The van der Waals surface area contributed by atoms with Crippen LogP contribution in [0.25, 0.3) is 0 Å². The molecule has 0 saturated heterocycles. The molecule has 2 aromatic rings.